The molecule has 1 aromatic carbocycles. The third-order valence-corrected chi connectivity index (χ3v) is 5.74. The number of carboxylic acids is 1. The van der Waals surface area contributed by atoms with Crippen LogP contribution in [0.25, 0.3) is 0 Å². The molecule has 1 atom stereocenters. The first-order valence-corrected chi connectivity index (χ1v) is 7.86. The molecular formula is C11H10AtFNO5. The van der Waals surface area contributed by atoms with Crippen molar-refractivity contribution in [3.63, 3.8) is 0 Å². The van der Waals surface area contributed by atoms with Crippen LogP contribution in [0.5, 0.6) is 5.75 Å². The zero-order chi connectivity index (χ0) is 14.2. The molecular weight excluding hydrogens is 455 g/mol. The average Bonchev–Trinajstić information content (AvgIpc) is 2.71. The van der Waals surface area contributed by atoms with Gasteiger partial charge >= 0.3 is 120 Å². The molecule has 103 valence electrons. The Bertz CT molecular complexity index is 563. The molecule has 1 heterocycles. The Kier molecular flexibility index (Phi) is 4.01. The fourth-order valence-electron chi connectivity index (χ4n) is 1.72. The molecule has 2 rings (SSSR count). The van der Waals surface area contributed by atoms with Gasteiger partial charge in [0, 0.05) is 0 Å². The van der Waals surface area contributed by atoms with Gasteiger partial charge in [0.25, 0.3) is 0 Å². The third-order valence-electron chi connectivity index (χ3n) is 2.61. The number of nitrogens with two attached hydrogens (primary N) is 1. The van der Waals surface area contributed by atoms with Gasteiger partial charge in [0.05, 0.1) is 0 Å². The van der Waals surface area contributed by atoms with Crippen LogP contribution in [0.2, 0.25) is 0 Å². The molecule has 0 aliphatic carbocycles. The maximum atomic E-state index is 13.8. The summed E-state index contributed by atoms with van der Waals surface area (Å²) in [7, 11) is 1.28. The molecule has 0 bridgehead atoms. The van der Waals surface area contributed by atoms with E-state index in [9.17, 15) is 14.0 Å². The van der Waals surface area contributed by atoms with E-state index in [2.05, 4.69) is 0 Å². The average molecular weight is 465 g/mol. The van der Waals surface area contributed by atoms with Crippen LogP contribution in [0, 0.1) is 29.5 Å². The standard InChI is InChI=1S/C11H10AtFNO5/c1-18-9-4(3-7(14)10(15)16)8-5(2-6(9)13)11(17)19-12-8/h2,7H,3,14H2,1H3,(H,15,16). The van der Waals surface area contributed by atoms with E-state index in [1.165, 1.54) is 7.11 Å². The SMILES string of the molecule is COc1c(F)cc2c(c1CC(N)C(=O)O)[At]OC2=O. The molecule has 0 saturated heterocycles. The van der Waals surface area contributed by atoms with E-state index in [1.807, 2.05) is 0 Å². The summed E-state index contributed by atoms with van der Waals surface area (Å²) in [6.45, 7) is 0. The van der Waals surface area contributed by atoms with Gasteiger partial charge in [-0.2, -0.15) is 0 Å². The molecule has 0 spiro atoms. The molecule has 8 heteroatoms. The molecule has 1 aromatic rings. The number of benzene rings is 1. The van der Waals surface area contributed by atoms with Gasteiger partial charge in [-0.1, -0.05) is 0 Å². The van der Waals surface area contributed by atoms with Crippen molar-refractivity contribution in [2.24, 2.45) is 5.73 Å². The predicted octanol–water partition coefficient (Wildman–Crippen LogP) is -0.416. The number of halogens is 1. The summed E-state index contributed by atoms with van der Waals surface area (Å²) in [5, 5.41) is 8.83. The van der Waals surface area contributed by atoms with E-state index in [-0.39, 0.29) is 17.7 Å². The Hall–Kier alpha value is -1.27. The van der Waals surface area contributed by atoms with Crippen LogP contribution in [0.15, 0.2) is 6.07 Å². The van der Waals surface area contributed by atoms with Crippen molar-refractivity contribution >= 4 is 15.2 Å². The topological polar surface area (TPSA) is 98.8 Å². The fourth-order valence-corrected chi connectivity index (χ4v) is 4.45. The quantitative estimate of drug-likeness (QED) is 0.628. The Morgan fingerprint density at radius 1 is 1.68 bits per heavy atom. The van der Waals surface area contributed by atoms with E-state index in [1.54, 1.807) is 0 Å². The van der Waals surface area contributed by atoms with Crippen LogP contribution in [0.3, 0.4) is 0 Å². The summed E-state index contributed by atoms with van der Waals surface area (Å²) in [5.41, 5.74) is 5.95. The van der Waals surface area contributed by atoms with Gasteiger partial charge in [0.15, 0.2) is 0 Å². The minimum absolute atomic E-state index is 0.0648. The number of carbonyl (C=O) groups is 2. The van der Waals surface area contributed by atoms with Crippen LogP contribution in [0.4, 0.5) is 4.39 Å². The predicted molar refractivity (Wildman–Crippen MR) is 57.3 cm³/mol. The molecule has 19 heavy (non-hydrogen) atoms. The first kappa shape index (κ1) is 14.1. The number of fused-ring (bicyclic) bond motifs is 1. The van der Waals surface area contributed by atoms with Crippen molar-refractivity contribution in [1.29, 1.82) is 0 Å². The van der Waals surface area contributed by atoms with Crippen molar-refractivity contribution < 1.29 is 50.3 Å². The van der Waals surface area contributed by atoms with Crippen molar-refractivity contribution in [2.75, 3.05) is 7.11 Å². The third kappa shape index (κ3) is 2.55. The molecule has 0 fully saturated rings. The van der Waals surface area contributed by atoms with E-state index < -0.39 is 47.5 Å². The van der Waals surface area contributed by atoms with Crippen LogP contribution in [0.1, 0.15) is 15.9 Å². The molecule has 0 aromatic heterocycles. The zero-order valence-corrected chi connectivity index (χ0v) is 12.7. The van der Waals surface area contributed by atoms with Crippen molar-refractivity contribution in [3.8, 4) is 5.75 Å². The second-order valence-corrected chi connectivity index (χ2v) is 6.49. The number of methoxy groups -OCH3 is 1. The van der Waals surface area contributed by atoms with E-state index in [0.29, 0.717) is 8.83 Å². The van der Waals surface area contributed by atoms with Crippen molar-refractivity contribution in [2.45, 2.75) is 12.5 Å². The second kappa shape index (κ2) is 5.39. The summed E-state index contributed by atoms with van der Waals surface area (Å²) in [6, 6.07) is -0.123. The van der Waals surface area contributed by atoms with Gasteiger partial charge in [0.1, 0.15) is 0 Å². The number of hydrogen-bond donors (Lipinski definition) is 2. The molecule has 1 radical (unpaired) electrons. The number of hydrogen-bond acceptors (Lipinski definition) is 5. The van der Waals surface area contributed by atoms with Crippen LogP contribution in [-0.2, 0) is 14.0 Å². The number of aliphatic carboxylic acids is 1. The Morgan fingerprint density at radius 3 is 2.95 bits per heavy atom. The second-order valence-electron chi connectivity index (χ2n) is 3.82. The summed E-state index contributed by atoms with van der Waals surface area (Å²) in [6.07, 6.45) is -0.105. The first-order valence-electron chi connectivity index (χ1n) is 5.19. The van der Waals surface area contributed by atoms with Crippen molar-refractivity contribution in [1.82, 2.24) is 0 Å². The number of carbonyl (C=O) groups excluding carboxylic acids is 1. The normalized spacial score (nSPS) is 14.8. The first-order chi connectivity index (χ1) is 8.95. The molecule has 0 amide bonds. The van der Waals surface area contributed by atoms with E-state index >= 15 is 0 Å². The van der Waals surface area contributed by atoms with Gasteiger partial charge in [0.2, 0.25) is 0 Å². The number of carboxylic acid groups (broad SMARTS) is 1. The molecule has 1 aliphatic rings. The van der Waals surface area contributed by atoms with Crippen LogP contribution in [-0.4, -0.2) is 30.2 Å². The van der Waals surface area contributed by atoms with E-state index in [4.69, 9.17) is 18.4 Å². The monoisotopic (exact) mass is 465 g/mol. The minimum atomic E-state index is -1.47. The van der Waals surface area contributed by atoms with Gasteiger partial charge < -0.3 is 0 Å². The summed E-state index contributed by atoms with van der Waals surface area (Å²) in [5.74, 6) is -2.55. The van der Waals surface area contributed by atoms with Crippen LogP contribution < -0.4 is 13.7 Å². The summed E-state index contributed by atoms with van der Waals surface area (Å²) < 4.78 is 24.3. The summed E-state index contributed by atoms with van der Waals surface area (Å²) >= 11 is -1.47. The molecule has 6 nitrogen and oxygen atoms in total. The van der Waals surface area contributed by atoms with Gasteiger partial charge in [-0.05, 0) is 0 Å². The Balaban J connectivity index is 2.54. The van der Waals surface area contributed by atoms with Gasteiger partial charge in [-0.15, -0.1) is 0 Å². The van der Waals surface area contributed by atoms with Gasteiger partial charge in [-0.25, -0.2) is 0 Å². The van der Waals surface area contributed by atoms with Crippen molar-refractivity contribution in [3.05, 3.63) is 23.0 Å². The number of rotatable bonds is 4. The molecule has 1 unspecified atom stereocenters. The fraction of sp³-hybridized carbons (Fsp3) is 0.273. The molecule has 1 aliphatic heterocycles. The Morgan fingerprint density at radius 2 is 2.37 bits per heavy atom. The van der Waals surface area contributed by atoms with Crippen LogP contribution >= 0.6 is 0 Å². The number of ether oxygens (including phenoxy) is 1. The van der Waals surface area contributed by atoms with Gasteiger partial charge in [-0.3, -0.25) is 0 Å². The zero-order valence-electron chi connectivity index (χ0n) is 9.78. The summed E-state index contributed by atoms with van der Waals surface area (Å²) in [4.78, 5) is 22.3. The van der Waals surface area contributed by atoms with E-state index in [0.717, 1.165) is 6.07 Å². The Labute approximate surface area is 119 Å². The molecule has 0 saturated carbocycles. The maximum absolute atomic E-state index is 13.8. The molecule has 3 N–H and O–H groups in total.